The summed E-state index contributed by atoms with van der Waals surface area (Å²) < 4.78 is 25.6. The van der Waals surface area contributed by atoms with Crippen LogP contribution >= 0.6 is 0 Å². The van der Waals surface area contributed by atoms with Crippen LogP contribution in [0, 0.1) is 11.7 Å². The molecule has 1 saturated carbocycles. The van der Waals surface area contributed by atoms with E-state index in [9.17, 15) is 4.79 Å². The molecule has 2 aromatic rings. The van der Waals surface area contributed by atoms with Gasteiger partial charge in [0.05, 0.1) is 19.9 Å². The van der Waals surface area contributed by atoms with Crippen molar-refractivity contribution in [3.05, 3.63) is 59.9 Å². The smallest absolute Gasteiger partial charge is 0.407 e. The Morgan fingerprint density at radius 3 is 2.39 bits per heavy atom. The number of amides is 1. The second kappa shape index (κ2) is 12.9. The number of hydrogen-bond donors (Lipinski definition) is 1. The predicted molar refractivity (Wildman–Crippen MR) is 141 cm³/mol. The number of methoxy groups -OCH3 is 2. The van der Waals surface area contributed by atoms with Crippen LogP contribution in [-0.2, 0) is 4.74 Å². The van der Waals surface area contributed by atoms with E-state index in [0.29, 0.717) is 11.5 Å². The van der Waals surface area contributed by atoms with Gasteiger partial charge >= 0.3 is 6.09 Å². The molecule has 0 aromatic heterocycles. The van der Waals surface area contributed by atoms with Gasteiger partial charge in [0.15, 0.2) is 0 Å². The zero-order valence-electron chi connectivity index (χ0n) is 21.6. The van der Waals surface area contributed by atoms with Gasteiger partial charge in [-0.05, 0) is 55.5 Å². The summed E-state index contributed by atoms with van der Waals surface area (Å²) in [6.07, 6.45) is 5.98. The number of ether oxygens (including phenoxy) is 2. The third kappa shape index (κ3) is 6.49. The van der Waals surface area contributed by atoms with Gasteiger partial charge in [-0.25, -0.2) is 9.18 Å². The second-order valence-electron chi connectivity index (χ2n) is 9.98. The Morgan fingerprint density at radius 2 is 1.69 bits per heavy atom. The van der Waals surface area contributed by atoms with Gasteiger partial charge in [0.2, 0.25) is 0 Å². The van der Waals surface area contributed by atoms with Crippen LogP contribution in [0.25, 0.3) is 0 Å². The summed E-state index contributed by atoms with van der Waals surface area (Å²) in [4.78, 5) is 17.2. The van der Waals surface area contributed by atoms with E-state index in [1.54, 1.807) is 13.2 Å². The van der Waals surface area contributed by atoms with Gasteiger partial charge in [0.25, 0.3) is 0 Å². The van der Waals surface area contributed by atoms with E-state index in [2.05, 4.69) is 21.2 Å². The summed E-state index contributed by atoms with van der Waals surface area (Å²) >= 11 is 0. The highest BCUT2D eigenvalue weighted by Crippen LogP contribution is 2.37. The largest absolute Gasteiger partial charge is 0.495 e. The van der Waals surface area contributed by atoms with E-state index in [-0.39, 0.29) is 17.8 Å². The molecule has 2 aliphatic rings. The molecule has 1 aliphatic heterocycles. The predicted octanol–water partition coefficient (Wildman–Crippen LogP) is 5.44. The van der Waals surface area contributed by atoms with Gasteiger partial charge in [-0.15, -0.1) is 0 Å². The van der Waals surface area contributed by atoms with Crippen molar-refractivity contribution in [3.63, 3.8) is 0 Å². The Kier molecular flexibility index (Phi) is 9.45. The number of hydrogen-bond acceptors (Lipinski definition) is 5. The third-order valence-electron chi connectivity index (χ3n) is 7.92. The maximum Gasteiger partial charge on any atom is 0.407 e. The summed E-state index contributed by atoms with van der Waals surface area (Å²) in [5, 5.41) is 3.12. The normalized spacial score (nSPS) is 18.9. The lowest BCUT2D eigenvalue weighted by Gasteiger charge is -2.39. The first-order valence-electron chi connectivity index (χ1n) is 13.3. The molecule has 4 rings (SSSR count). The molecule has 2 aromatic carbocycles. The standard InChI is InChI=1S/C29H40FN3O3/c1-35-27-15-9-8-14-26(27)33-20-18-32(19-21-33)17-16-24(23-12-6-7-13-25(23)30)28(31-29(34)36-2)22-10-4-3-5-11-22/h6-9,12-15,22,24,28H,3-5,10-11,16-21H2,1-2H3,(H,31,34)/t24-,28+/m0/s1. The van der Waals surface area contributed by atoms with Gasteiger partial charge in [-0.2, -0.15) is 0 Å². The zero-order chi connectivity index (χ0) is 25.3. The van der Waals surface area contributed by atoms with Gasteiger partial charge in [0, 0.05) is 38.1 Å². The minimum atomic E-state index is -0.433. The van der Waals surface area contributed by atoms with Crippen LogP contribution in [0.5, 0.6) is 5.75 Å². The number of carbonyl (C=O) groups is 1. The number of piperazine rings is 1. The fourth-order valence-electron chi connectivity index (χ4n) is 5.96. The van der Waals surface area contributed by atoms with E-state index in [1.165, 1.54) is 19.6 Å². The molecule has 0 radical (unpaired) electrons. The van der Waals surface area contributed by atoms with Crippen LogP contribution in [0.4, 0.5) is 14.9 Å². The van der Waals surface area contributed by atoms with Crippen molar-refractivity contribution in [3.8, 4) is 5.75 Å². The van der Waals surface area contributed by atoms with Gasteiger partial charge in [-0.3, -0.25) is 4.90 Å². The van der Waals surface area contributed by atoms with Crippen LogP contribution in [0.3, 0.4) is 0 Å². The highest BCUT2D eigenvalue weighted by Gasteiger charge is 2.35. The third-order valence-corrected chi connectivity index (χ3v) is 7.92. The lowest BCUT2D eigenvalue weighted by atomic mass is 9.75. The number of nitrogens with zero attached hydrogens (tertiary/aromatic N) is 2. The Morgan fingerprint density at radius 1 is 1.00 bits per heavy atom. The van der Waals surface area contributed by atoms with Gasteiger partial charge < -0.3 is 19.7 Å². The number of benzene rings is 2. The molecule has 7 heteroatoms. The highest BCUT2D eigenvalue weighted by molar-refractivity contribution is 5.67. The molecule has 1 amide bonds. The van der Waals surface area contributed by atoms with E-state index in [4.69, 9.17) is 9.47 Å². The van der Waals surface area contributed by atoms with Crippen molar-refractivity contribution in [2.45, 2.75) is 50.5 Å². The molecule has 1 saturated heterocycles. The fraction of sp³-hybridized carbons (Fsp3) is 0.552. The summed E-state index contributed by atoms with van der Waals surface area (Å²) in [7, 11) is 3.11. The molecule has 6 nitrogen and oxygen atoms in total. The second-order valence-corrected chi connectivity index (χ2v) is 9.98. The van der Waals surface area contributed by atoms with Crippen molar-refractivity contribution >= 4 is 11.8 Å². The number of halogens is 1. The van der Waals surface area contributed by atoms with E-state index >= 15 is 4.39 Å². The summed E-state index contributed by atoms with van der Waals surface area (Å²) in [5.74, 6) is 0.913. The Labute approximate surface area is 214 Å². The van der Waals surface area contributed by atoms with Crippen molar-refractivity contribution in [1.29, 1.82) is 0 Å². The molecular weight excluding hydrogens is 457 g/mol. The number of rotatable bonds is 9. The Bertz CT molecular complexity index is 974. The molecule has 2 atom stereocenters. The highest BCUT2D eigenvalue weighted by atomic mass is 19.1. The average molecular weight is 498 g/mol. The van der Waals surface area contributed by atoms with Crippen molar-refractivity contribution in [2.24, 2.45) is 5.92 Å². The maximum absolute atomic E-state index is 15.1. The monoisotopic (exact) mass is 497 g/mol. The average Bonchev–Trinajstić information content (AvgIpc) is 2.94. The summed E-state index contributed by atoms with van der Waals surface area (Å²) in [6.45, 7) is 4.54. The fourth-order valence-corrected chi connectivity index (χ4v) is 5.96. The first kappa shape index (κ1) is 26.3. The molecule has 36 heavy (non-hydrogen) atoms. The minimum absolute atomic E-state index is 0.111. The van der Waals surface area contributed by atoms with E-state index in [1.807, 2.05) is 30.3 Å². The molecule has 1 N–H and O–H groups in total. The van der Waals surface area contributed by atoms with E-state index < -0.39 is 6.09 Å². The zero-order valence-corrected chi connectivity index (χ0v) is 21.6. The van der Waals surface area contributed by atoms with Gasteiger partial charge in [-0.1, -0.05) is 49.6 Å². The lowest BCUT2D eigenvalue weighted by Crippen LogP contribution is -2.49. The number of alkyl carbamates (subject to hydrolysis) is 1. The van der Waals surface area contributed by atoms with Crippen molar-refractivity contribution in [2.75, 3.05) is 51.8 Å². The SMILES string of the molecule is COC(=O)N[C@H](C1CCCCC1)[C@@H](CCN1CCN(c2ccccc2OC)CC1)c1ccccc1F. The number of nitrogens with one attached hydrogen (secondary N) is 1. The molecule has 0 unspecified atom stereocenters. The van der Waals surface area contributed by atoms with Crippen LogP contribution < -0.4 is 15.0 Å². The molecule has 2 fully saturated rings. The lowest BCUT2D eigenvalue weighted by molar-refractivity contribution is 0.147. The number of carbonyl (C=O) groups excluding carboxylic acids is 1. The number of para-hydroxylation sites is 2. The summed E-state index contributed by atoms with van der Waals surface area (Å²) in [5.41, 5.74) is 1.82. The van der Waals surface area contributed by atoms with E-state index in [0.717, 1.165) is 76.3 Å². The first-order valence-corrected chi connectivity index (χ1v) is 13.3. The summed E-state index contributed by atoms with van der Waals surface area (Å²) in [6, 6.07) is 15.0. The Balaban J connectivity index is 1.47. The molecule has 1 aliphatic carbocycles. The van der Waals surface area contributed by atoms with Crippen molar-refractivity contribution < 1.29 is 18.7 Å². The molecular formula is C29H40FN3O3. The van der Waals surface area contributed by atoms with Crippen LogP contribution in [0.15, 0.2) is 48.5 Å². The topological polar surface area (TPSA) is 54.0 Å². The quantitative estimate of drug-likeness (QED) is 0.500. The van der Waals surface area contributed by atoms with Crippen LogP contribution in [0.1, 0.15) is 50.0 Å². The Hall–Kier alpha value is -2.80. The van der Waals surface area contributed by atoms with Crippen LogP contribution in [-0.4, -0.2) is 64.0 Å². The van der Waals surface area contributed by atoms with Crippen LogP contribution in [0.2, 0.25) is 0 Å². The molecule has 1 heterocycles. The van der Waals surface area contributed by atoms with Gasteiger partial charge in [0.1, 0.15) is 11.6 Å². The minimum Gasteiger partial charge on any atom is -0.495 e. The first-order chi connectivity index (χ1) is 17.6. The maximum atomic E-state index is 15.1. The molecule has 0 spiro atoms. The number of anilines is 1. The van der Waals surface area contributed by atoms with Crippen molar-refractivity contribution in [1.82, 2.24) is 10.2 Å². The molecule has 196 valence electrons. The molecule has 0 bridgehead atoms.